The average molecular weight is 400 g/mol. The maximum atomic E-state index is 12.8. The predicted molar refractivity (Wildman–Crippen MR) is 112 cm³/mol. The number of nitrogens with one attached hydrogen (secondary N) is 1. The molecule has 0 radical (unpaired) electrons. The fourth-order valence-electron chi connectivity index (χ4n) is 3.37. The molecule has 28 heavy (non-hydrogen) atoms. The highest BCUT2D eigenvalue weighted by molar-refractivity contribution is 7.92. The Morgan fingerprint density at radius 1 is 1.00 bits per heavy atom. The quantitative estimate of drug-likeness (QED) is 0.711. The maximum Gasteiger partial charge on any atom is 0.275 e. The molecule has 0 unspecified atom stereocenters. The molecule has 7 heteroatoms. The average Bonchev–Trinajstić information content (AvgIpc) is 2.84. The van der Waals surface area contributed by atoms with Crippen LogP contribution in [0, 0.1) is 13.8 Å². The van der Waals surface area contributed by atoms with Crippen molar-refractivity contribution in [2.24, 2.45) is 7.05 Å². The van der Waals surface area contributed by atoms with E-state index in [1.807, 2.05) is 40.8 Å². The maximum absolute atomic E-state index is 12.8. The predicted octanol–water partition coefficient (Wildman–Crippen LogP) is 3.72. The van der Waals surface area contributed by atoms with Gasteiger partial charge in [0.2, 0.25) is 0 Å². The topological polar surface area (TPSA) is 73.1 Å². The third kappa shape index (κ3) is 3.62. The van der Waals surface area contributed by atoms with Gasteiger partial charge in [-0.15, -0.1) is 0 Å². The van der Waals surface area contributed by atoms with Crippen molar-refractivity contribution in [3.63, 3.8) is 0 Å². The molecular formula is C21H25N3O3S. The van der Waals surface area contributed by atoms with E-state index in [-0.39, 0.29) is 16.4 Å². The van der Waals surface area contributed by atoms with Crippen LogP contribution in [0.25, 0.3) is 5.69 Å². The smallest absolute Gasteiger partial charge is 0.275 e. The zero-order chi connectivity index (χ0) is 20.6. The summed E-state index contributed by atoms with van der Waals surface area (Å²) in [7, 11) is -1.88. The Morgan fingerprint density at radius 3 is 2.18 bits per heavy atom. The molecule has 148 valence electrons. The molecule has 0 fully saturated rings. The molecule has 2 aromatic carbocycles. The molecule has 0 spiro atoms. The van der Waals surface area contributed by atoms with E-state index in [9.17, 15) is 13.2 Å². The van der Waals surface area contributed by atoms with Crippen molar-refractivity contribution in [1.29, 1.82) is 0 Å². The monoisotopic (exact) mass is 399 g/mol. The lowest BCUT2D eigenvalue weighted by Crippen LogP contribution is -2.21. The summed E-state index contributed by atoms with van der Waals surface area (Å²) in [4.78, 5) is 13.0. The van der Waals surface area contributed by atoms with Crippen molar-refractivity contribution in [2.75, 3.05) is 4.72 Å². The molecule has 0 atom stereocenters. The molecule has 0 amide bonds. The lowest BCUT2D eigenvalue weighted by Gasteiger charge is -2.11. The highest BCUT2D eigenvalue weighted by atomic mass is 32.2. The van der Waals surface area contributed by atoms with E-state index in [1.165, 1.54) is 12.1 Å². The van der Waals surface area contributed by atoms with Gasteiger partial charge >= 0.3 is 0 Å². The normalized spacial score (nSPS) is 11.8. The molecule has 1 heterocycles. The zero-order valence-electron chi connectivity index (χ0n) is 16.7. The number of sulfonamides is 1. The molecule has 0 aliphatic rings. The van der Waals surface area contributed by atoms with E-state index in [0.717, 1.165) is 16.8 Å². The molecule has 0 saturated heterocycles. The summed E-state index contributed by atoms with van der Waals surface area (Å²) in [6.45, 7) is 7.79. The zero-order valence-corrected chi connectivity index (χ0v) is 17.5. The van der Waals surface area contributed by atoms with Gasteiger partial charge in [-0.1, -0.05) is 26.0 Å². The van der Waals surface area contributed by atoms with E-state index < -0.39 is 10.0 Å². The number of benzene rings is 2. The van der Waals surface area contributed by atoms with Gasteiger partial charge in [0.05, 0.1) is 10.6 Å². The van der Waals surface area contributed by atoms with Crippen LogP contribution in [0.4, 0.5) is 5.69 Å². The van der Waals surface area contributed by atoms with Gasteiger partial charge in [0, 0.05) is 24.0 Å². The van der Waals surface area contributed by atoms with E-state index in [4.69, 9.17) is 0 Å². The van der Waals surface area contributed by atoms with Crippen molar-refractivity contribution < 1.29 is 8.42 Å². The van der Waals surface area contributed by atoms with Crippen molar-refractivity contribution in [1.82, 2.24) is 9.36 Å². The Bertz CT molecular complexity index is 1170. The standard InChI is InChI=1S/C21H25N3O3S/c1-14(2)20-16(4)23(5)24(21(20)25)18-9-11-19(12-10-18)28(26,27)22-17-8-6-7-15(3)13-17/h6-14,22H,1-5H3. The van der Waals surface area contributed by atoms with Crippen LogP contribution in [0.15, 0.2) is 58.2 Å². The van der Waals surface area contributed by atoms with Crippen LogP contribution >= 0.6 is 0 Å². The summed E-state index contributed by atoms with van der Waals surface area (Å²) in [6.07, 6.45) is 0. The molecule has 3 rings (SSSR count). The third-order valence-electron chi connectivity index (χ3n) is 4.84. The Hall–Kier alpha value is -2.80. The van der Waals surface area contributed by atoms with Gasteiger partial charge in [-0.25, -0.2) is 13.1 Å². The van der Waals surface area contributed by atoms with Gasteiger partial charge in [0.25, 0.3) is 15.6 Å². The van der Waals surface area contributed by atoms with Crippen molar-refractivity contribution >= 4 is 15.7 Å². The Morgan fingerprint density at radius 2 is 1.64 bits per heavy atom. The lowest BCUT2D eigenvalue weighted by molar-refractivity contribution is 0.601. The summed E-state index contributed by atoms with van der Waals surface area (Å²) in [5.74, 6) is 0.109. The van der Waals surface area contributed by atoms with Crippen LogP contribution in [0.1, 0.15) is 36.6 Å². The van der Waals surface area contributed by atoms with Gasteiger partial charge in [-0.2, -0.15) is 0 Å². The molecule has 0 bridgehead atoms. The van der Waals surface area contributed by atoms with E-state index in [0.29, 0.717) is 11.4 Å². The summed E-state index contributed by atoms with van der Waals surface area (Å²) >= 11 is 0. The van der Waals surface area contributed by atoms with Crippen LogP contribution in [0.2, 0.25) is 0 Å². The second-order valence-corrected chi connectivity index (χ2v) is 8.95. The number of aromatic nitrogens is 2. The van der Waals surface area contributed by atoms with Crippen LogP contribution in [0.5, 0.6) is 0 Å². The number of hydrogen-bond donors (Lipinski definition) is 1. The molecule has 0 saturated carbocycles. The first-order chi connectivity index (χ1) is 13.1. The molecule has 1 N–H and O–H groups in total. The van der Waals surface area contributed by atoms with E-state index in [1.54, 1.807) is 39.7 Å². The first-order valence-electron chi connectivity index (χ1n) is 9.10. The minimum atomic E-state index is -3.71. The number of rotatable bonds is 5. The number of anilines is 1. The van der Waals surface area contributed by atoms with Gasteiger partial charge in [-0.3, -0.25) is 14.2 Å². The number of hydrogen-bond acceptors (Lipinski definition) is 3. The number of aryl methyl sites for hydroxylation is 1. The second-order valence-electron chi connectivity index (χ2n) is 7.26. The van der Waals surface area contributed by atoms with Gasteiger partial charge in [0.15, 0.2) is 0 Å². The fourth-order valence-corrected chi connectivity index (χ4v) is 4.42. The minimum Gasteiger partial charge on any atom is -0.285 e. The van der Waals surface area contributed by atoms with Crippen LogP contribution in [0.3, 0.4) is 0 Å². The van der Waals surface area contributed by atoms with Crippen molar-refractivity contribution in [2.45, 2.75) is 38.5 Å². The van der Waals surface area contributed by atoms with E-state index in [2.05, 4.69) is 4.72 Å². The first-order valence-corrected chi connectivity index (χ1v) is 10.6. The molecule has 0 aliphatic carbocycles. The van der Waals surface area contributed by atoms with Crippen LogP contribution < -0.4 is 10.3 Å². The largest absolute Gasteiger partial charge is 0.285 e. The summed E-state index contributed by atoms with van der Waals surface area (Å²) < 4.78 is 31.3. The molecule has 6 nitrogen and oxygen atoms in total. The lowest BCUT2D eigenvalue weighted by atomic mass is 10.0. The second kappa shape index (κ2) is 7.31. The van der Waals surface area contributed by atoms with Crippen LogP contribution in [-0.2, 0) is 17.1 Å². The van der Waals surface area contributed by atoms with Gasteiger partial charge in [-0.05, 0) is 61.7 Å². The summed E-state index contributed by atoms with van der Waals surface area (Å²) in [5, 5.41) is 0. The molecular weight excluding hydrogens is 374 g/mol. The number of nitrogens with zero attached hydrogens (tertiary/aromatic N) is 2. The highest BCUT2D eigenvalue weighted by Gasteiger charge is 2.19. The third-order valence-corrected chi connectivity index (χ3v) is 6.23. The summed E-state index contributed by atoms with van der Waals surface area (Å²) in [5.41, 5.74) is 3.69. The molecule has 1 aromatic heterocycles. The van der Waals surface area contributed by atoms with E-state index >= 15 is 0 Å². The molecule has 0 aliphatic heterocycles. The van der Waals surface area contributed by atoms with Crippen molar-refractivity contribution in [3.8, 4) is 5.69 Å². The Balaban J connectivity index is 1.96. The van der Waals surface area contributed by atoms with Gasteiger partial charge < -0.3 is 0 Å². The van der Waals surface area contributed by atoms with Crippen molar-refractivity contribution in [3.05, 3.63) is 75.7 Å². The Labute approximate surface area is 165 Å². The minimum absolute atomic E-state index is 0.0801. The fraction of sp³-hybridized carbons (Fsp3) is 0.286. The highest BCUT2D eigenvalue weighted by Crippen LogP contribution is 2.20. The summed E-state index contributed by atoms with van der Waals surface area (Å²) in [6, 6.07) is 13.5. The van der Waals surface area contributed by atoms with Crippen LogP contribution in [-0.4, -0.2) is 17.8 Å². The van der Waals surface area contributed by atoms with Gasteiger partial charge in [0.1, 0.15) is 0 Å². The molecule has 3 aromatic rings. The first kappa shape index (κ1) is 19.9. The SMILES string of the molecule is Cc1cccc(NS(=O)(=O)c2ccc(-n3c(=O)c(C(C)C)c(C)n3C)cc2)c1. The Kier molecular flexibility index (Phi) is 5.21.